The molecule has 0 aliphatic rings. The molecule has 0 spiro atoms. The first kappa shape index (κ1) is 14.5. The third-order valence-electron chi connectivity index (χ3n) is 3.06. The van der Waals surface area contributed by atoms with E-state index in [2.05, 4.69) is 15.2 Å². The molecular formula is C13H17N3O3S. The summed E-state index contributed by atoms with van der Waals surface area (Å²) in [6, 6.07) is 6.64. The molecule has 6 nitrogen and oxygen atoms in total. The zero-order chi connectivity index (χ0) is 14.8. The van der Waals surface area contributed by atoms with Crippen LogP contribution in [0.15, 0.2) is 33.7 Å². The molecular weight excluding hydrogens is 278 g/mol. The number of hydrogen-bond donors (Lipinski definition) is 2. The molecule has 2 aromatic rings. The average molecular weight is 295 g/mol. The first-order chi connectivity index (χ1) is 9.44. The second kappa shape index (κ2) is 5.64. The number of nitrogens with one attached hydrogen (secondary N) is 2. The Balaban J connectivity index is 2.17. The van der Waals surface area contributed by atoms with Gasteiger partial charge in [-0.1, -0.05) is 11.2 Å². The van der Waals surface area contributed by atoms with E-state index in [-0.39, 0.29) is 4.90 Å². The van der Waals surface area contributed by atoms with Gasteiger partial charge in [-0.3, -0.25) is 0 Å². The van der Waals surface area contributed by atoms with Gasteiger partial charge >= 0.3 is 0 Å². The van der Waals surface area contributed by atoms with Crippen LogP contribution in [0, 0.1) is 13.8 Å². The molecule has 1 aromatic carbocycles. The van der Waals surface area contributed by atoms with Gasteiger partial charge in [-0.25, -0.2) is 13.1 Å². The Kier molecular flexibility index (Phi) is 4.10. The van der Waals surface area contributed by atoms with E-state index in [4.69, 9.17) is 4.52 Å². The molecule has 0 unspecified atom stereocenters. The van der Waals surface area contributed by atoms with Crippen molar-refractivity contribution in [3.05, 3.63) is 41.3 Å². The molecule has 0 saturated carbocycles. The largest absolute Gasteiger partial charge is 0.381 e. The van der Waals surface area contributed by atoms with Gasteiger partial charge in [0.15, 0.2) is 0 Å². The van der Waals surface area contributed by atoms with Crippen LogP contribution < -0.4 is 10.0 Å². The first-order valence-electron chi connectivity index (χ1n) is 6.13. The molecule has 0 fully saturated rings. The van der Waals surface area contributed by atoms with E-state index in [0.29, 0.717) is 6.54 Å². The van der Waals surface area contributed by atoms with Crippen LogP contribution in [-0.2, 0) is 16.6 Å². The number of aromatic nitrogens is 1. The van der Waals surface area contributed by atoms with Gasteiger partial charge in [0.05, 0.1) is 10.6 Å². The Hall–Kier alpha value is -1.86. The lowest BCUT2D eigenvalue weighted by Crippen LogP contribution is -2.18. The van der Waals surface area contributed by atoms with E-state index in [0.717, 1.165) is 22.7 Å². The minimum atomic E-state index is -3.43. The number of nitrogens with zero attached hydrogens (tertiary/aromatic N) is 1. The highest BCUT2D eigenvalue weighted by molar-refractivity contribution is 7.89. The molecule has 0 amide bonds. The summed E-state index contributed by atoms with van der Waals surface area (Å²) in [5.41, 5.74) is 2.53. The van der Waals surface area contributed by atoms with Crippen molar-refractivity contribution >= 4 is 15.7 Å². The Morgan fingerprint density at radius 1 is 1.30 bits per heavy atom. The molecule has 108 valence electrons. The van der Waals surface area contributed by atoms with Gasteiger partial charge in [-0.05, 0) is 39.1 Å². The molecule has 1 aromatic heterocycles. The van der Waals surface area contributed by atoms with Crippen LogP contribution in [0.1, 0.15) is 17.0 Å². The molecule has 20 heavy (non-hydrogen) atoms. The van der Waals surface area contributed by atoms with Crippen LogP contribution in [0.4, 0.5) is 5.69 Å². The molecule has 0 aliphatic heterocycles. The zero-order valence-corrected chi connectivity index (χ0v) is 12.4. The Morgan fingerprint density at radius 3 is 2.65 bits per heavy atom. The van der Waals surface area contributed by atoms with Gasteiger partial charge in [0.2, 0.25) is 10.0 Å². The number of rotatable bonds is 5. The normalized spacial score (nSPS) is 11.6. The van der Waals surface area contributed by atoms with E-state index in [1.807, 2.05) is 19.9 Å². The van der Waals surface area contributed by atoms with Gasteiger partial charge in [-0.15, -0.1) is 0 Å². The molecule has 0 saturated heterocycles. The molecule has 0 atom stereocenters. The maximum absolute atomic E-state index is 11.7. The van der Waals surface area contributed by atoms with Gasteiger partial charge in [0, 0.05) is 17.8 Å². The maximum Gasteiger partial charge on any atom is 0.240 e. The monoisotopic (exact) mass is 295 g/mol. The summed E-state index contributed by atoms with van der Waals surface area (Å²) in [7, 11) is -2.04. The molecule has 2 N–H and O–H groups in total. The fraction of sp³-hybridized carbons (Fsp3) is 0.308. The van der Waals surface area contributed by atoms with Gasteiger partial charge in [-0.2, -0.15) is 0 Å². The predicted molar refractivity (Wildman–Crippen MR) is 76.0 cm³/mol. The van der Waals surface area contributed by atoms with Crippen molar-refractivity contribution in [3.63, 3.8) is 0 Å². The third kappa shape index (κ3) is 3.00. The fourth-order valence-electron chi connectivity index (χ4n) is 1.84. The van der Waals surface area contributed by atoms with Crippen LogP contribution in [-0.4, -0.2) is 20.6 Å². The standard InChI is InChI=1S/C13H17N3O3S/c1-9-13(10(2)19-16-9)8-15-11-5-4-6-12(7-11)20(17,18)14-3/h4-7,14-15H,8H2,1-3H3. The van der Waals surface area contributed by atoms with Crippen molar-refractivity contribution in [2.24, 2.45) is 0 Å². The fourth-order valence-corrected chi connectivity index (χ4v) is 2.61. The molecule has 1 heterocycles. The van der Waals surface area contributed by atoms with E-state index >= 15 is 0 Å². The third-order valence-corrected chi connectivity index (χ3v) is 4.48. The van der Waals surface area contributed by atoms with Gasteiger partial charge in [0.25, 0.3) is 0 Å². The van der Waals surface area contributed by atoms with Crippen LogP contribution in [0.25, 0.3) is 0 Å². The Labute approximate surface area is 118 Å². The Bertz CT molecular complexity index is 688. The van der Waals surface area contributed by atoms with Crippen molar-refractivity contribution < 1.29 is 12.9 Å². The van der Waals surface area contributed by atoms with Crippen LogP contribution in [0.5, 0.6) is 0 Å². The number of hydrogen-bond acceptors (Lipinski definition) is 5. The molecule has 2 rings (SSSR count). The highest BCUT2D eigenvalue weighted by atomic mass is 32.2. The van der Waals surface area contributed by atoms with Crippen molar-refractivity contribution in [2.45, 2.75) is 25.3 Å². The van der Waals surface area contributed by atoms with Crippen molar-refractivity contribution in [1.29, 1.82) is 0 Å². The summed E-state index contributed by atoms with van der Waals surface area (Å²) < 4.78 is 30.8. The van der Waals surface area contributed by atoms with E-state index < -0.39 is 10.0 Å². The molecule has 0 radical (unpaired) electrons. The SMILES string of the molecule is CNS(=O)(=O)c1cccc(NCc2c(C)noc2C)c1. The Morgan fingerprint density at radius 2 is 2.05 bits per heavy atom. The summed E-state index contributed by atoms with van der Waals surface area (Å²) in [6.07, 6.45) is 0. The van der Waals surface area contributed by atoms with Crippen LogP contribution >= 0.6 is 0 Å². The van der Waals surface area contributed by atoms with E-state index in [1.165, 1.54) is 7.05 Å². The van der Waals surface area contributed by atoms with E-state index in [1.54, 1.807) is 18.2 Å². The summed E-state index contributed by atoms with van der Waals surface area (Å²) in [5.74, 6) is 0.758. The summed E-state index contributed by atoms with van der Waals surface area (Å²) in [5, 5.41) is 7.05. The van der Waals surface area contributed by atoms with Crippen LogP contribution in [0.2, 0.25) is 0 Å². The van der Waals surface area contributed by atoms with Gasteiger partial charge in [0.1, 0.15) is 5.76 Å². The number of anilines is 1. The van der Waals surface area contributed by atoms with Crippen molar-refractivity contribution in [2.75, 3.05) is 12.4 Å². The second-order valence-electron chi connectivity index (χ2n) is 4.39. The number of benzene rings is 1. The van der Waals surface area contributed by atoms with Crippen molar-refractivity contribution in [1.82, 2.24) is 9.88 Å². The molecule has 7 heteroatoms. The summed E-state index contributed by atoms with van der Waals surface area (Å²) in [4.78, 5) is 0.226. The second-order valence-corrected chi connectivity index (χ2v) is 6.28. The van der Waals surface area contributed by atoms with Crippen LogP contribution in [0.3, 0.4) is 0 Å². The lowest BCUT2D eigenvalue weighted by atomic mass is 10.2. The minimum absolute atomic E-state index is 0.226. The lowest BCUT2D eigenvalue weighted by molar-refractivity contribution is 0.392. The number of sulfonamides is 1. The molecule has 0 aliphatic carbocycles. The van der Waals surface area contributed by atoms with Crippen molar-refractivity contribution in [3.8, 4) is 0 Å². The highest BCUT2D eigenvalue weighted by Gasteiger charge is 2.12. The average Bonchev–Trinajstić information content (AvgIpc) is 2.76. The molecule has 0 bridgehead atoms. The number of aryl methyl sites for hydroxylation is 2. The highest BCUT2D eigenvalue weighted by Crippen LogP contribution is 2.18. The summed E-state index contributed by atoms with van der Waals surface area (Å²) >= 11 is 0. The smallest absolute Gasteiger partial charge is 0.240 e. The lowest BCUT2D eigenvalue weighted by Gasteiger charge is -2.08. The van der Waals surface area contributed by atoms with E-state index in [9.17, 15) is 8.42 Å². The minimum Gasteiger partial charge on any atom is -0.381 e. The summed E-state index contributed by atoms with van der Waals surface area (Å²) in [6.45, 7) is 4.25. The maximum atomic E-state index is 11.7. The zero-order valence-electron chi connectivity index (χ0n) is 11.6. The van der Waals surface area contributed by atoms with Gasteiger partial charge < -0.3 is 9.84 Å². The topological polar surface area (TPSA) is 84.2 Å². The quantitative estimate of drug-likeness (QED) is 0.879. The predicted octanol–water partition coefficient (Wildman–Crippen LogP) is 1.81. The first-order valence-corrected chi connectivity index (χ1v) is 7.61.